The molecule has 0 N–H and O–H groups in total. The van der Waals surface area contributed by atoms with Crippen LogP contribution in [0.15, 0.2) is 106 Å². The summed E-state index contributed by atoms with van der Waals surface area (Å²) in [5.74, 6) is 3.89. The standard InChI is InChI=1S/C52H63N3OSi/c1-8-52(9-2)48(38-24-13-12-22-36(38)45-31-41(33(3)4)47(57(6)7)32-54(45)52)49-40-30-29-39-37-23-14-17-28-46(37)56-51(39)50(40)55(44-26-16-15-25-43(44)53(49)5)42-27-18-20-34-19-10-11-21-35(34)42/h11-14,16,18,20-24,26,31,33-35,42,45,47H,5,8-10,15,17,19,25,27-30,32H2,1-4,6-7H3/q+1/b49-48-. The molecule has 5 heteroatoms. The molecule has 5 aliphatic carbocycles. The lowest BCUT2D eigenvalue weighted by molar-refractivity contribution is -0.413. The molecule has 0 fully saturated rings. The van der Waals surface area contributed by atoms with E-state index in [0.29, 0.717) is 29.3 Å². The molecule has 4 nitrogen and oxygen atoms in total. The molecule has 295 valence electrons. The molecule has 3 aliphatic heterocycles. The Balaban J connectivity index is 1.32. The fourth-order valence-corrected chi connectivity index (χ4v) is 14.3. The Bertz CT molecular complexity index is 2260. The molecule has 2 aromatic rings. The van der Waals surface area contributed by atoms with Crippen LogP contribution < -0.4 is 0 Å². The van der Waals surface area contributed by atoms with Gasteiger partial charge in [-0.3, -0.25) is 4.90 Å². The number of rotatable bonds is 5. The smallest absolute Gasteiger partial charge is 0.221 e. The van der Waals surface area contributed by atoms with Crippen molar-refractivity contribution in [1.82, 2.24) is 9.80 Å². The number of fused-ring (bicyclic) bond motifs is 8. The summed E-state index contributed by atoms with van der Waals surface area (Å²) in [5, 5.41) is 0. The van der Waals surface area contributed by atoms with Gasteiger partial charge in [-0.1, -0.05) is 119 Å². The first-order valence-corrected chi connectivity index (χ1v) is 25.1. The number of hydrogen-bond acceptors (Lipinski definition) is 3. The molecular weight excluding hydrogens is 711 g/mol. The lowest BCUT2D eigenvalue weighted by Crippen LogP contribution is -2.57. The fourth-order valence-electron chi connectivity index (χ4n) is 12.6. The molecule has 0 saturated heterocycles. The molecular formula is C52H63N3OSi+. The Morgan fingerprint density at radius 1 is 0.947 bits per heavy atom. The summed E-state index contributed by atoms with van der Waals surface area (Å²) in [5.41, 5.74) is 16.2. The van der Waals surface area contributed by atoms with E-state index in [1.165, 1.54) is 74.8 Å². The zero-order valence-electron chi connectivity index (χ0n) is 35.4. The summed E-state index contributed by atoms with van der Waals surface area (Å²) in [6.45, 7) is 21.2. The highest BCUT2D eigenvalue weighted by molar-refractivity contribution is 6.58. The van der Waals surface area contributed by atoms with Gasteiger partial charge in [-0.05, 0) is 92.4 Å². The molecule has 0 saturated carbocycles. The fraction of sp³-hybridized carbons (Fsp3) is 0.481. The summed E-state index contributed by atoms with van der Waals surface area (Å²) in [6.07, 6.45) is 34.0. The number of nitrogens with zero attached hydrogens (tertiary/aromatic N) is 3. The largest absolute Gasteiger partial charge is 0.459 e. The minimum atomic E-state index is -0.585. The molecule has 5 atom stereocenters. The summed E-state index contributed by atoms with van der Waals surface area (Å²) in [4.78, 5) is 5.82. The van der Waals surface area contributed by atoms with Crippen molar-refractivity contribution >= 4 is 32.9 Å². The van der Waals surface area contributed by atoms with E-state index >= 15 is 0 Å². The average molecular weight is 774 g/mol. The van der Waals surface area contributed by atoms with E-state index in [4.69, 9.17) is 11.1 Å². The second-order valence-corrected chi connectivity index (χ2v) is 21.5. The van der Waals surface area contributed by atoms with Gasteiger partial charge in [0.15, 0.2) is 5.76 Å². The zero-order valence-corrected chi connectivity index (χ0v) is 36.4. The van der Waals surface area contributed by atoms with Gasteiger partial charge in [0.2, 0.25) is 11.4 Å². The van der Waals surface area contributed by atoms with Gasteiger partial charge >= 0.3 is 0 Å². The summed E-state index contributed by atoms with van der Waals surface area (Å²) in [7, 11) is -0.585. The van der Waals surface area contributed by atoms with E-state index in [9.17, 15) is 0 Å². The number of aryl methyl sites for hydroxylation is 1. The number of hydrogen-bond donors (Lipinski definition) is 0. The van der Waals surface area contributed by atoms with Gasteiger partial charge in [0.1, 0.15) is 18.2 Å². The predicted octanol–water partition coefficient (Wildman–Crippen LogP) is 12.4. The van der Waals surface area contributed by atoms with Crippen molar-refractivity contribution in [2.75, 3.05) is 6.54 Å². The van der Waals surface area contributed by atoms with E-state index < -0.39 is 8.80 Å². The Labute approximate surface area is 344 Å². The Kier molecular flexibility index (Phi) is 9.44. The Morgan fingerprint density at radius 2 is 1.75 bits per heavy atom. The minimum Gasteiger partial charge on any atom is -0.459 e. The molecule has 0 bridgehead atoms. The van der Waals surface area contributed by atoms with Crippen LogP contribution in [-0.2, 0) is 12.8 Å². The molecule has 4 heterocycles. The van der Waals surface area contributed by atoms with Crippen LogP contribution in [0.3, 0.4) is 0 Å². The van der Waals surface area contributed by atoms with Crippen LogP contribution in [0, 0.1) is 17.8 Å². The Hall–Kier alpha value is -3.93. The van der Waals surface area contributed by atoms with Gasteiger partial charge in [0.05, 0.1) is 37.2 Å². The molecule has 5 unspecified atom stereocenters. The third-order valence-electron chi connectivity index (χ3n) is 15.4. The topological polar surface area (TPSA) is 22.6 Å². The van der Waals surface area contributed by atoms with Gasteiger partial charge in [0, 0.05) is 42.5 Å². The SMILES string of the molecule is C=[N+]1C2=C(C=CCC2)N(C2CC=CC3CCC=CC32)C2=C(CCc3c2oc2c3C=CCC2)/C1=C1\c2ccccc2C2C=C(C(C)C)C([Si](C)C)CN2C1(CC)CC. The van der Waals surface area contributed by atoms with E-state index in [2.05, 4.69) is 134 Å². The first-order valence-electron chi connectivity index (χ1n) is 22.6. The summed E-state index contributed by atoms with van der Waals surface area (Å²) >= 11 is 0. The Morgan fingerprint density at radius 3 is 2.56 bits per heavy atom. The average Bonchev–Trinajstić information content (AvgIpc) is 3.58. The highest BCUT2D eigenvalue weighted by atomic mass is 28.3. The maximum Gasteiger partial charge on any atom is 0.221 e. The third kappa shape index (κ3) is 5.57. The van der Waals surface area contributed by atoms with Crippen LogP contribution in [0.5, 0.6) is 0 Å². The van der Waals surface area contributed by atoms with Crippen molar-refractivity contribution in [2.24, 2.45) is 17.8 Å². The first kappa shape index (κ1) is 37.3. The molecule has 0 amide bonds. The van der Waals surface area contributed by atoms with Crippen LogP contribution in [0.25, 0.3) is 17.3 Å². The van der Waals surface area contributed by atoms with Crippen molar-refractivity contribution in [3.05, 3.63) is 135 Å². The number of allylic oxidation sites excluding steroid dienone is 7. The van der Waals surface area contributed by atoms with Crippen LogP contribution in [-0.4, -0.2) is 48.0 Å². The van der Waals surface area contributed by atoms with Gasteiger partial charge in [-0.15, -0.1) is 0 Å². The van der Waals surface area contributed by atoms with Crippen LogP contribution >= 0.6 is 0 Å². The van der Waals surface area contributed by atoms with E-state index in [-0.39, 0.29) is 11.6 Å². The molecule has 57 heavy (non-hydrogen) atoms. The second kappa shape index (κ2) is 14.4. The highest BCUT2D eigenvalue weighted by Crippen LogP contribution is 2.58. The van der Waals surface area contributed by atoms with E-state index in [1.54, 1.807) is 5.57 Å². The van der Waals surface area contributed by atoms with Crippen LogP contribution in [0.2, 0.25) is 18.6 Å². The summed E-state index contributed by atoms with van der Waals surface area (Å²) < 4.78 is 9.77. The van der Waals surface area contributed by atoms with Gasteiger partial charge in [0.25, 0.3) is 0 Å². The van der Waals surface area contributed by atoms with Crippen molar-refractivity contribution in [3.63, 3.8) is 0 Å². The third-order valence-corrected chi connectivity index (χ3v) is 17.3. The maximum absolute atomic E-state index is 7.29. The van der Waals surface area contributed by atoms with Crippen molar-refractivity contribution in [2.45, 2.75) is 135 Å². The number of benzene rings is 1. The van der Waals surface area contributed by atoms with Crippen molar-refractivity contribution in [3.8, 4) is 0 Å². The maximum atomic E-state index is 7.29. The van der Waals surface area contributed by atoms with Gasteiger partial charge in [-0.2, -0.15) is 4.58 Å². The van der Waals surface area contributed by atoms with Crippen LogP contribution in [0.1, 0.15) is 125 Å². The molecule has 1 radical (unpaired) electrons. The zero-order chi connectivity index (χ0) is 39.2. The van der Waals surface area contributed by atoms with Crippen molar-refractivity contribution in [1.29, 1.82) is 0 Å². The van der Waals surface area contributed by atoms with Gasteiger partial charge in [-0.25, -0.2) is 0 Å². The predicted molar refractivity (Wildman–Crippen MR) is 239 cm³/mol. The minimum absolute atomic E-state index is 0.159. The highest BCUT2D eigenvalue weighted by Gasteiger charge is 2.55. The molecule has 0 spiro atoms. The van der Waals surface area contributed by atoms with E-state index in [1.807, 2.05) is 0 Å². The van der Waals surface area contributed by atoms with Gasteiger partial charge < -0.3 is 9.32 Å². The van der Waals surface area contributed by atoms with E-state index in [0.717, 1.165) is 70.1 Å². The van der Waals surface area contributed by atoms with Crippen molar-refractivity contribution < 1.29 is 8.99 Å². The first-order chi connectivity index (χ1) is 27.8. The summed E-state index contributed by atoms with van der Waals surface area (Å²) in [6, 6.07) is 10.1. The molecule has 10 rings (SSSR count). The lowest BCUT2D eigenvalue weighted by Gasteiger charge is -2.56. The lowest BCUT2D eigenvalue weighted by atomic mass is 9.68. The molecule has 1 aromatic heterocycles. The normalized spacial score (nSPS) is 30.1. The second-order valence-electron chi connectivity index (χ2n) is 18.7. The monoisotopic (exact) mass is 773 g/mol. The number of furan rings is 1. The molecule has 8 aliphatic rings. The molecule has 1 aromatic carbocycles. The quantitative estimate of drug-likeness (QED) is 0.172. The van der Waals surface area contributed by atoms with Crippen LogP contribution in [0.4, 0.5) is 0 Å².